The predicted molar refractivity (Wildman–Crippen MR) is 171 cm³/mol. The van der Waals surface area contributed by atoms with Gasteiger partial charge in [0.25, 0.3) is 0 Å². The van der Waals surface area contributed by atoms with Crippen LogP contribution in [0.1, 0.15) is 66.6 Å². The van der Waals surface area contributed by atoms with Gasteiger partial charge in [0.1, 0.15) is 0 Å². The molecule has 1 saturated heterocycles. The molecule has 230 valence electrons. The summed E-state index contributed by atoms with van der Waals surface area (Å²) < 4.78 is 13.1. The Morgan fingerprint density at radius 3 is 2.25 bits per heavy atom. The summed E-state index contributed by atoms with van der Waals surface area (Å²) >= 11 is 0. The number of carbonyl (C=O) groups excluding carboxylic acids is 1. The first-order valence-corrected chi connectivity index (χ1v) is 15.2. The molecule has 0 saturated carbocycles. The second-order valence-corrected chi connectivity index (χ2v) is 11.6. The fourth-order valence-electron chi connectivity index (χ4n) is 5.69. The molecular weight excluding hydrogens is 552 g/mol. The van der Waals surface area contributed by atoms with E-state index in [-0.39, 0.29) is 30.8 Å². The van der Waals surface area contributed by atoms with Crippen LogP contribution in [0, 0.1) is 0 Å². The van der Waals surface area contributed by atoms with Crippen LogP contribution >= 0.6 is 0 Å². The van der Waals surface area contributed by atoms with E-state index in [2.05, 4.69) is 28.4 Å². The maximum atomic E-state index is 11.5. The van der Waals surface area contributed by atoms with Crippen molar-refractivity contribution in [2.45, 2.75) is 64.1 Å². The van der Waals surface area contributed by atoms with Gasteiger partial charge in [0.05, 0.1) is 24.9 Å². The molecule has 1 heterocycles. The molecule has 44 heavy (non-hydrogen) atoms. The van der Waals surface area contributed by atoms with Crippen LogP contribution < -0.4 is 5.32 Å². The molecule has 1 fully saturated rings. The number of hydrogen-bond acceptors (Lipinski definition) is 6. The molecule has 0 unspecified atom stereocenters. The molecular formula is C37H42N2O5. The Hall–Kier alpha value is -3.85. The van der Waals surface area contributed by atoms with Crippen molar-refractivity contribution in [3.63, 3.8) is 0 Å². The van der Waals surface area contributed by atoms with Gasteiger partial charge in [-0.3, -0.25) is 9.69 Å². The summed E-state index contributed by atoms with van der Waals surface area (Å²) in [6.07, 6.45) is -0.901. The Morgan fingerprint density at radius 2 is 1.57 bits per heavy atom. The number of ether oxygens (including phenoxy) is 2. The first kappa shape index (κ1) is 31.6. The number of nitrogens with one attached hydrogen (secondary N) is 1. The lowest BCUT2D eigenvalue weighted by molar-refractivity contribution is -0.253. The van der Waals surface area contributed by atoms with Crippen LogP contribution in [0.2, 0.25) is 0 Å². The Morgan fingerprint density at radius 1 is 0.909 bits per heavy atom. The molecule has 0 aromatic heterocycles. The van der Waals surface area contributed by atoms with Gasteiger partial charge in [-0.2, -0.15) is 0 Å². The zero-order chi connectivity index (χ0) is 31.1. The Kier molecular flexibility index (Phi) is 10.6. The van der Waals surface area contributed by atoms with Crippen LogP contribution in [-0.2, 0) is 27.4 Å². The van der Waals surface area contributed by atoms with Gasteiger partial charge in [-0.1, -0.05) is 103 Å². The van der Waals surface area contributed by atoms with Crippen molar-refractivity contribution in [3.8, 4) is 11.1 Å². The predicted octanol–water partition coefficient (Wildman–Crippen LogP) is 6.08. The fraction of sp³-hybridized carbons (Fsp3) is 0.324. The van der Waals surface area contributed by atoms with Crippen LogP contribution in [0.3, 0.4) is 0 Å². The molecule has 1 aliphatic rings. The first-order valence-electron chi connectivity index (χ1n) is 15.2. The van der Waals surface area contributed by atoms with Gasteiger partial charge in [-0.05, 0) is 47.4 Å². The average molecular weight is 595 g/mol. The van der Waals surface area contributed by atoms with Crippen molar-refractivity contribution >= 4 is 5.91 Å². The van der Waals surface area contributed by atoms with Crippen LogP contribution in [-0.4, -0.2) is 46.8 Å². The standard InChI is InChI=1S/C37H42N2O5/c1-25(36(42)30-9-5-4-6-10-30)39(3)23-33-21-35(29-15-13-27(24-40)14-16-29)44-37(43-33)31-19-17-28(18-20-31)34-12-8-7-11-32(34)22-38-26(2)41/h4-20,25,33,35-37,40,42H,21-24H2,1-3H3,(H,38,41)/t25-,33+,35-,36-,37-/m1/s1. The Balaban J connectivity index is 1.36. The largest absolute Gasteiger partial charge is 0.392 e. The van der Waals surface area contributed by atoms with Gasteiger partial charge in [-0.25, -0.2) is 0 Å². The van der Waals surface area contributed by atoms with Crippen LogP contribution in [0.4, 0.5) is 0 Å². The summed E-state index contributed by atoms with van der Waals surface area (Å²) in [4.78, 5) is 13.7. The van der Waals surface area contributed by atoms with Gasteiger partial charge in [0, 0.05) is 38.0 Å². The van der Waals surface area contributed by atoms with E-state index in [1.165, 1.54) is 6.92 Å². The molecule has 7 heteroatoms. The molecule has 3 N–H and O–H groups in total. The minimum atomic E-state index is -0.625. The number of nitrogens with zero attached hydrogens (tertiary/aromatic N) is 1. The molecule has 1 amide bonds. The van der Waals surface area contributed by atoms with Crippen molar-refractivity contribution in [1.82, 2.24) is 10.2 Å². The van der Waals surface area contributed by atoms with E-state index in [0.717, 1.165) is 38.9 Å². The number of benzene rings is 4. The summed E-state index contributed by atoms with van der Waals surface area (Å²) in [6.45, 7) is 4.62. The van der Waals surface area contributed by atoms with Crippen molar-refractivity contribution < 1.29 is 24.5 Å². The summed E-state index contributed by atoms with van der Waals surface area (Å²) in [7, 11) is 2.02. The number of hydrogen-bond donors (Lipinski definition) is 3. The number of aliphatic hydroxyl groups excluding tert-OH is 2. The van der Waals surface area contributed by atoms with Crippen molar-refractivity contribution in [3.05, 3.63) is 131 Å². The van der Waals surface area contributed by atoms with E-state index < -0.39 is 12.4 Å². The highest BCUT2D eigenvalue weighted by Gasteiger charge is 2.34. The number of rotatable bonds is 11. The molecule has 0 bridgehead atoms. The number of carbonyl (C=O) groups is 1. The lowest BCUT2D eigenvalue weighted by atomic mass is 9.97. The van der Waals surface area contributed by atoms with Crippen LogP contribution in [0.25, 0.3) is 11.1 Å². The van der Waals surface area contributed by atoms with Crippen LogP contribution in [0.15, 0.2) is 103 Å². The number of aliphatic hydroxyl groups is 2. The highest BCUT2D eigenvalue weighted by atomic mass is 16.7. The third-order valence-corrected chi connectivity index (χ3v) is 8.44. The van der Waals surface area contributed by atoms with Gasteiger partial charge in [-0.15, -0.1) is 0 Å². The van der Waals surface area contributed by atoms with Gasteiger partial charge in [0.2, 0.25) is 5.91 Å². The number of amides is 1. The Labute approximate surface area is 260 Å². The van der Waals surface area contributed by atoms with Crippen LogP contribution in [0.5, 0.6) is 0 Å². The highest BCUT2D eigenvalue weighted by Crippen LogP contribution is 2.39. The second-order valence-electron chi connectivity index (χ2n) is 11.6. The third-order valence-electron chi connectivity index (χ3n) is 8.44. The van der Waals surface area contributed by atoms with E-state index >= 15 is 0 Å². The van der Waals surface area contributed by atoms with E-state index in [1.54, 1.807) is 0 Å². The molecule has 5 rings (SSSR count). The van der Waals surface area contributed by atoms with Gasteiger partial charge < -0.3 is 25.0 Å². The third kappa shape index (κ3) is 7.80. The molecule has 0 aliphatic carbocycles. The molecule has 0 spiro atoms. The van der Waals surface area contributed by atoms with Crippen molar-refractivity contribution in [2.24, 2.45) is 0 Å². The quantitative estimate of drug-likeness (QED) is 0.195. The first-order chi connectivity index (χ1) is 21.3. The van der Waals surface area contributed by atoms with E-state index in [1.807, 2.05) is 98.9 Å². The van der Waals surface area contributed by atoms with E-state index in [4.69, 9.17) is 9.47 Å². The SMILES string of the molecule is CC(=O)NCc1ccccc1-c1ccc([C@@H]2O[C@H](CN(C)[C@H](C)[C@@H](O)c3ccccc3)C[C@H](c3ccc(CO)cc3)O2)cc1. The van der Waals surface area contributed by atoms with E-state index in [0.29, 0.717) is 19.5 Å². The zero-order valence-corrected chi connectivity index (χ0v) is 25.6. The molecule has 5 atom stereocenters. The lowest BCUT2D eigenvalue weighted by Crippen LogP contribution is -2.43. The van der Waals surface area contributed by atoms with Crippen molar-refractivity contribution in [2.75, 3.05) is 13.6 Å². The monoisotopic (exact) mass is 594 g/mol. The fourth-order valence-corrected chi connectivity index (χ4v) is 5.69. The Bertz CT molecular complexity index is 1490. The summed E-state index contributed by atoms with van der Waals surface area (Å²) in [5.74, 6) is -0.0635. The minimum Gasteiger partial charge on any atom is -0.392 e. The smallest absolute Gasteiger partial charge is 0.217 e. The molecule has 4 aromatic carbocycles. The summed E-state index contributed by atoms with van der Waals surface area (Å²) in [5, 5.41) is 23.5. The number of likely N-dealkylation sites (N-methyl/N-ethyl adjacent to an activating group) is 1. The maximum absolute atomic E-state index is 11.5. The van der Waals surface area contributed by atoms with Gasteiger partial charge in [0.15, 0.2) is 6.29 Å². The molecule has 7 nitrogen and oxygen atoms in total. The highest BCUT2D eigenvalue weighted by molar-refractivity contribution is 5.74. The lowest BCUT2D eigenvalue weighted by Gasteiger charge is -2.39. The normalized spacial score (nSPS) is 19.8. The van der Waals surface area contributed by atoms with Crippen molar-refractivity contribution in [1.29, 1.82) is 0 Å². The molecule has 4 aromatic rings. The average Bonchev–Trinajstić information content (AvgIpc) is 3.07. The van der Waals surface area contributed by atoms with E-state index in [9.17, 15) is 15.0 Å². The summed E-state index contributed by atoms with van der Waals surface area (Å²) in [5.41, 5.74) is 6.83. The zero-order valence-electron chi connectivity index (χ0n) is 25.6. The minimum absolute atomic E-state index is 0.00706. The maximum Gasteiger partial charge on any atom is 0.217 e. The molecule has 0 radical (unpaired) electrons. The molecule has 1 aliphatic heterocycles. The topological polar surface area (TPSA) is 91.3 Å². The summed E-state index contributed by atoms with van der Waals surface area (Å²) in [6, 6.07) is 33.7. The van der Waals surface area contributed by atoms with Gasteiger partial charge >= 0.3 is 0 Å². The second kappa shape index (κ2) is 14.8.